The van der Waals surface area contributed by atoms with E-state index in [2.05, 4.69) is 20.5 Å². The van der Waals surface area contributed by atoms with Gasteiger partial charge in [-0.05, 0) is 43.4 Å². The summed E-state index contributed by atoms with van der Waals surface area (Å²) in [5, 5.41) is 9.28. The van der Waals surface area contributed by atoms with Crippen LogP contribution in [0.1, 0.15) is 29.7 Å². The second-order valence-electron chi connectivity index (χ2n) is 5.10. The molecular formula is C15H17ClN4O2. The number of aromatic nitrogens is 3. The van der Waals surface area contributed by atoms with Crippen LogP contribution in [-0.4, -0.2) is 21.1 Å². The van der Waals surface area contributed by atoms with E-state index in [9.17, 15) is 9.59 Å². The van der Waals surface area contributed by atoms with Gasteiger partial charge in [-0.25, -0.2) is 10.1 Å². The fourth-order valence-electron chi connectivity index (χ4n) is 2.65. The van der Waals surface area contributed by atoms with Gasteiger partial charge < -0.3 is 5.32 Å². The van der Waals surface area contributed by atoms with Crippen LogP contribution in [0.3, 0.4) is 0 Å². The maximum absolute atomic E-state index is 12.1. The van der Waals surface area contributed by atoms with Crippen molar-refractivity contribution in [1.82, 2.24) is 15.2 Å². The molecular weight excluding hydrogens is 304 g/mol. The van der Waals surface area contributed by atoms with Gasteiger partial charge >= 0.3 is 0 Å². The summed E-state index contributed by atoms with van der Waals surface area (Å²) in [5.74, 6) is 0.335. The number of halogens is 1. The molecule has 116 valence electrons. The van der Waals surface area contributed by atoms with Gasteiger partial charge in [0.25, 0.3) is 5.56 Å². The summed E-state index contributed by atoms with van der Waals surface area (Å²) in [6.45, 7) is 0. The number of anilines is 1. The van der Waals surface area contributed by atoms with Crippen molar-refractivity contribution >= 4 is 24.1 Å². The molecule has 2 aromatic heterocycles. The second kappa shape index (κ2) is 7.17. The van der Waals surface area contributed by atoms with Crippen LogP contribution >= 0.6 is 12.4 Å². The van der Waals surface area contributed by atoms with E-state index in [0.717, 1.165) is 36.8 Å². The van der Waals surface area contributed by atoms with E-state index in [4.69, 9.17) is 0 Å². The van der Waals surface area contributed by atoms with E-state index in [-0.39, 0.29) is 30.3 Å². The van der Waals surface area contributed by atoms with Gasteiger partial charge in [-0.2, -0.15) is 5.10 Å². The van der Waals surface area contributed by atoms with Crippen molar-refractivity contribution in [1.29, 1.82) is 0 Å². The zero-order valence-electron chi connectivity index (χ0n) is 12.0. The molecule has 6 nitrogen and oxygen atoms in total. The maximum atomic E-state index is 12.1. The zero-order valence-corrected chi connectivity index (χ0v) is 12.8. The van der Waals surface area contributed by atoms with E-state index in [1.54, 1.807) is 18.3 Å². The molecule has 0 fully saturated rings. The summed E-state index contributed by atoms with van der Waals surface area (Å²) in [6.07, 6.45) is 5.40. The standard InChI is InChI=1S/C15H16N4O2.ClH/c20-14(17-13-7-3-4-8-16-13)9-12-10-5-1-2-6-11(10)15(21)19-18-12;/h3-4,7-8H,1-2,5-6,9H2,(H,19,21)(H,16,17,20);1H. The highest BCUT2D eigenvalue weighted by Gasteiger charge is 2.19. The molecule has 22 heavy (non-hydrogen) atoms. The molecule has 0 spiro atoms. The second-order valence-corrected chi connectivity index (χ2v) is 5.10. The summed E-state index contributed by atoms with van der Waals surface area (Å²) in [5.41, 5.74) is 2.27. The number of carbonyl (C=O) groups is 1. The third-order valence-corrected chi connectivity index (χ3v) is 3.64. The number of hydrogen-bond acceptors (Lipinski definition) is 4. The predicted molar refractivity (Wildman–Crippen MR) is 85.3 cm³/mol. The average molecular weight is 321 g/mol. The summed E-state index contributed by atoms with van der Waals surface area (Å²) in [4.78, 5) is 27.9. The number of rotatable bonds is 3. The van der Waals surface area contributed by atoms with Crippen molar-refractivity contribution in [3.8, 4) is 0 Å². The van der Waals surface area contributed by atoms with E-state index in [0.29, 0.717) is 11.5 Å². The molecule has 2 aromatic rings. The molecule has 0 saturated heterocycles. The topological polar surface area (TPSA) is 87.7 Å². The number of carbonyl (C=O) groups excluding carboxylic acids is 1. The zero-order chi connectivity index (χ0) is 14.7. The highest BCUT2D eigenvalue weighted by molar-refractivity contribution is 5.91. The molecule has 0 radical (unpaired) electrons. The lowest BCUT2D eigenvalue weighted by Gasteiger charge is -2.17. The highest BCUT2D eigenvalue weighted by Crippen LogP contribution is 2.20. The van der Waals surface area contributed by atoms with Crippen molar-refractivity contribution in [2.24, 2.45) is 0 Å². The Morgan fingerprint density at radius 2 is 2.00 bits per heavy atom. The summed E-state index contributed by atoms with van der Waals surface area (Å²) in [6, 6.07) is 5.33. The molecule has 1 aliphatic rings. The molecule has 2 N–H and O–H groups in total. The molecule has 0 bridgehead atoms. The first-order valence-electron chi connectivity index (χ1n) is 7.04. The largest absolute Gasteiger partial charge is 0.310 e. The Morgan fingerprint density at radius 1 is 1.23 bits per heavy atom. The molecule has 1 aliphatic carbocycles. The first-order chi connectivity index (χ1) is 10.2. The van der Waals surface area contributed by atoms with Gasteiger partial charge in [0.15, 0.2) is 0 Å². The van der Waals surface area contributed by atoms with Crippen LogP contribution in [-0.2, 0) is 24.1 Å². The van der Waals surface area contributed by atoms with E-state index < -0.39 is 0 Å². The molecule has 0 aromatic carbocycles. The fourth-order valence-corrected chi connectivity index (χ4v) is 2.65. The van der Waals surface area contributed by atoms with Gasteiger partial charge in [0.2, 0.25) is 5.91 Å². The highest BCUT2D eigenvalue weighted by atomic mass is 35.5. The van der Waals surface area contributed by atoms with E-state index >= 15 is 0 Å². The first-order valence-corrected chi connectivity index (χ1v) is 7.04. The van der Waals surface area contributed by atoms with Crippen LogP contribution in [0.5, 0.6) is 0 Å². The van der Waals surface area contributed by atoms with Crippen LogP contribution in [0.15, 0.2) is 29.2 Å². The molecule has 7 heteroatoms. The average Bonchev–Trinajstić information content (AvgIpc) is 2.51. The number of aromatic amines is 1. The number of H-pyrrole nitrogens is 1. The van der Waals surface area contributed by atoms with E-state index in [1.807, 2.05) is 6.07 Å². The lowest BCUT2D eigenvalue weighted by molar-refractivity contribution is -0.115. The lowest BCUT2D eigenvalue weighted by Crippen LogP contribution is -2.25. The third kappa shape index (κ3) is 3.51. The number of nitrogens with zero attached hydrogens (tertiary/aromatic N) is 2. The molecule has 1 amide bonds. The van der Waals surface area contributed by atoms with Crippen molar-refractivity contribution in [2.75, 3.05) is 5.32 Å². The van der Waals surface area contributed by atoms with Crippen molar-refractivity contribution < 1.29 is 4.79 Å². The minimum absolute atomic E-state index is 0. The minimum atomic E-state index is -0.180. The monoisotopic (exact) mass is 320 g/mol. The van der Waals surface area contributed by atoms with Gasteiger partial charge in [-0.3, -0.25) is 9.59 Å². The minimum Gasteiger partial charge on any atom is -0.310 e. The van der Waals surface area contributed by atoms with Gasteiger partial charge in [0, 0.05) is 11.8 Å². The molecule has 0 atom stereocenters. The summed E-state index contributed by atoms with van der Waals surface area (Å²) >= 11 is 0. The van der Waals surface area contributed by atoms with Gasteiger partial charge in [-0.15, -0.1) is 12.4 Å². The van der Waals surface area contributed by atoms with Gasteiger partial charge in [0.1, 0.15) is 5.82 Å². The van der Waals surface area contributed by atoms with Gasteiger partial charge in [0.05, 0.1) is 12.1 Å². The Hall–Kier alpha value is -2.21. The number of hydrogen-bond donors (Lipinski definition) is 2. The number of pyridine rings is 1. The molecule has 2 heterocycles. The van der Waals surface area contributed by atoms with Gasteiger partial charge in [-0.1, -0.05) is 6.07 Å². The Bertz CT molecular complexity index is 715. The van der Waals surface area contributed by atoms with Crippen LogP contribution in [0.25, 0.3) is 0 Å². The number of amides is 1. The first kappa shape index (κ1) is 16.2. The molecule has 0 saturated carbocycles. The van der Waals surface area contributed by atoms with Crippen LogP contribution < -0.4 is 10.9 Å². The summed E-state index contributed by atoms with van der Waals surface area (Å²) in [7, 11) is 0. The Kier molecular flexibility index (Phi) is 5.27. The lowest BCUT2D eigenvalue weighted by atomic mass is 9.91. The SMILES string of the molecule is Cl.O=C(Cc1n[nH]c(=O)c2c1CCCC2)Nc1ccccn1. The number of fused-ring (bicyclic) bond motifs is 1. The molecule has 3 rings (SSSR count). The molecule has 0 unspecified atom stereocenters. The quantitative estimate of drug-likeness (QED) is 0.900. The Balaban J connectivity index is 0.00000176. The molecule has 0 aliphatic heterocycles. The third-order valence-electron chi connectivity index (χ3n) is 3.64. The van der Waals surface area contributed by atoms with Crippen molar-refractivity contribution in [3.63, 3.8) is 0 Å². The predicted octanol–water partition coefficient (Wildman–Crippen LogP) is 1.65. The fraction of sp³-hybridized carbons (Fsp3) is 0.333. The van der Waals surface area contributed by atoms with Crippen molar-refractivity contribution in [3.05, 3.63) is 51.6 Å². The summed E-state index contributed by atoms with van der Waals surface area (Å²) < 4.78 is 0. The van der Waals surface area contributed by atoms with Crippen LogP contribution in [0.2, 0.25) is 0 Å². The smallest absolute Gasteiger partial charge is 0.267 e. The van der Waals surface area contributed by atoms with E-state index in [1.165, 1.54) is 0 Å². The maximum Gasteiger partial charge on any atom is 0.267 e. The Labute approximate surface area is 133 Å². The Morgan fingerprint density at radius 3 is 2.73 bits per heavy atom. The van der Waals surface area contributed by atoms with Crippen molar-refractivity contribution in [2.45, 2.75) is 32.1 Å². The van der Waals surface area contributed by atoms with Crippen LogP contribution in [0, 0.1) is 0 Å². The van der Waals surface area contributed by atoms with Crippen LogP contribution in [0.4, 0.5) is 5.82 Å². The normalized spacial score (nSPS) is 12.9. The number of nitrogens with one attached hydrogen (secondary N) is 2.